The SMILES string of the molecule is c1ccc(N(c2ccc(-c3cccc4ccccc34)cc2)c2nc3c(ccc4ccccc43)o2)cc1. The average Bonchev–Trinajstić information content (AvgIpc) is 3.38. The van der Waals surface area contributed by atoms with Gasteiger partial charge in [0.05, 0.1) is 11.4 Å². The largest absolute Gasteiger partial charge is 0.423 e. The first-order valence-corrected chi connectivity index (χ1v) is 12.1. The van der Waals surface area contributed by atoms with Gasteiger partial charge in [-0.25, -0.2) is 0 Å². The van der Waals surface area contributed by atoms with Crippen molar-refractivity contribution >= 4 is 50.0 Å². The van der Waals surface area contributed by atoms with Crippen molar-refractivity contribution in [3.05, 3.63) is 133 Å². The van der Waals surface area contributed by atoms with Gasteiger partial charge in [-0.1, -0.05) is 103 Å². The molecule has 0 radical (unpaired) electrons. The van der Waals surface area contributed by atoms with E-state index in [1.54, 1.807) is 0 Å². The van der Waals surface area contributed by atoms with Gasteiger partial charge in [-0.2, -0.15) is 4.98 Å². The Morgan fingerprint density at radius 2 is 1.14 bits per heavy atom. The van der Waals surface area contributed by atoms with Gasteiger partial charge in [0.25, 0.3) is 0 Å². The monoisotopic (exact) mass is 462 g/mol. The minimum absolute atomic E-state index is 0.547. The number of oxazole rings is 1. The molecule has 1 heterocycles. The molecule has 0 aliphatic carbocycles. The highest BCUT2D eigenvalue weighted by atomic mass is 16.4. The molecule has 0 saturated heterocycles. The fraction of sp³-hybridized carbons (Fsp3) is 0. The molecule has 7 rings (SSSR count). The first kappa shape index (κ1) is 20.5. The smallest absolute Gasteiger partial charge is 0.307 e. The lowest BCUT2D eigenvalue weighted by atomic mass is 9.98. The van der Waals surface area contributed by atoms with Gasteiger partial charge in [0.1, 0.15) is 5.52 Å². The third-order valence-electron chi connectivity index (χ3n) is 6.70. The Morgan fingerprint density at radius 1 is 0.500 bits per heavy atom. The molecule has 1 aromatic heterocycles. The fourth-order valence-electron chi connectivity index (χ4n) is 4.96. The highest BCUT2D eigenvalue weighted by molar-refractivity contribution is 6.04. The van der Waals surface area contributed by atoms with Crippen LogP contribution in [0.15, 0.2) is 138 Å². The molecule has 3 nitrogen and oxygen atoms in total. The summed E-state index contributed by atoms with van der Waals surface area (Å²) in [6.45, 7) is 0. The maximum atomic E-state index is 6.33. The number of nitrogens with zero attached hydrogens (tertiary/aromatic N) is 2. The summed E-state index contributed by atoms with van der Waals surface area (Å²) in [4.78, 5) is 7.05. The first-order chi connectivity index (χ1) is 17.8. The summed E-state index contributed by atoms with van der Waals surface area (Å²) in [5.41, 5.74) is 6.02. The van der Waals surface area contributed by atoms with E-state index in [4.69, 9.17) is 9.40 Å². The molecule has 0 aliphatic heterocycles. The number of benzene rings is 6. The van der Waals surface area contributed by atoms with Crippen molar-refractivity contribution < 1.29 is 4.42 Å². The molecule has 0 unspecified atom stereocenters. The van der Waals surface area contributed by atoms with E-state index in [0.717, 1.165) is 33.2 Å². The third-order valence-corrected chi connectivity index (χ3v) is 6.70. The minimum atomic E-state index is 0.547. The van der Waals surface area contributed by atoms with E-state index < -0.39 is 0 Å². The second-order valence-corrected chi connectivity index (χ2v) is 8.87. The lowest BCUT2D eigenvalue weighted by Gasteiger charge is -2.21. The van der Waals surface area contributed by atoms with Crippen LogP contribution in [-0.2, 0) is 0 Å². The molecule has 0 N–H and O–H groups in total. The molecule has 170 valence electrons. The molecule has 0 atom stereocenters. The van der Waals surface area contributed by atoms with Crippen LogP contribution in [0.25, 0.3) is 43.8 Å². The number of aromatic nitrogens is 1. The van der Waals surface area contributed by atoms with Crippen LogP contribution in [0.3, 0.4) is 0 Å². The highest BCUT2D eigenvalue weighted by Crippen LogP contribution is 2.38. The number of para-hydroxylation sites is 1. The molecule has 0 bridgehead atoms. The van der Waals surface area contributed by atoms with E-state index in [1.165, 1.54) is 21.9 Å². The number of anilines is 3. The third kappa shape index (κ3) is 3.41. The Kier molecular flexibility index (Phi) is 4.78. The van der Waals surface area contributed by atoms with Crippen LogP contribution in [0, 0.1) is 0 Å². The lowest BCUT2D eigenvalue weighted by Crippen LogP contribution is -2.10. The zero-order chi connectivity index (χ0) is 23.9. The van der Waals surface area contributed by atoms with Gasteiger partial charge in [-0.15, -0.1) is 0 Å². The van der Waals surface area contributed by atoms with E-state index in [0.29, 0.717) is 6.01 Å². The van der Waals surface area contributed by atoms with Crippen molar-refractivity contribution in [2.75, 3.05) is 4.90 Å². The van der Waals surface area contributed by atoms with Gasteiger partial charge in [0, 0.05) is 5.39 Å². The van der Waals surface area contributed by atoms with E-state index in [-0.39, 0.29) is 0 Å². The summed E-state index contributed by atoms with van der Waals surface area (Å²) in [5, 5.41) is 4.72. The second kappa shape index (κ2) is 8.40. The number of rotatable bonds is 4. The van der Waals surface area contributed by atoms with Gasteiger partial charge < -0.3 is 4.42 Å². The van der Waals surface area contributed by atoms with Gasteiger partial charge in [-0.05, 0) is 57.6 Å². The molecule has 0 saturated carbocycles. The quantitative estimate of drug-likeness (QED) is 0.261. The predicted octanol–water partition coefficient (Wildman–Crippen LogP) is 9.27. The molecule has 36 heavy (non-hydrogen) atoms. The Morgan fingerprint density at radius 3 is 1.94 bits per heavy atom. The first-order valence-electron chi connectivity index (χ1n) is 12.1. The number of fused-ring (bicyclic) bond motifs is 4. The molecule has 3 heteroatoms. The zero-order valence-electron chi connectivity index (χ0n) is 19.5. The van der Waals surface area contributed by atoms with E-state index in [1.807, 2.05) is 36.4 Å². The maximum absolute atomic E-state index is 6.33. The van der Waals surface area contributed by atoms with Gasteiger partial charge in [0.15, 0.2) is 5.58 Å². The summed E-state index contributed by atoms with van der Waals surface area (Å²) in [6.07, 6.45) is 0. The van der Waals surface area contributed by atoms with Crippen LogP contribution in [-0.4, -0.2) is 4.98 Å². The predicted molar refractivity (Wildman–Crippen MR) is 149 cm³/mol. The highest BCUT2D eigenvalue weighted by Gasteiger charge is 2.19. The Balaban J connectivity index is 1.37. The molecule has 0 amide bonds. The normalized spacial score (nSPS) is 11.3. The topological polar surface area (TPSA) is 29.3 Å². The van der Waals surface area contributed by atoms with Crippen molar-refractivity contribution in [2.24, 2.45) is 0 Å². The zero-order valence-corrected chi connectivity index (χ0v) is 19.5. The van der Waals surface area contributed by atoms with Crippen LogP contribution < -0.4 is 4.90 Å². The van der Waals surface area contributed by atoms with Gasteiger partial charge in [0.2, 0.25) is 0 Å². The molecular formula is C33H22N2O. The molecule has 0 fully saturated rings. The standard InChI is InChI=1S/C33H22N2O/c1-2-12-26(13-3-1)35(33-34-32-30-15-7-5-10-24(30)19-22-31(32)36-33)27-20-17-25(18-21-27)29-16-8-11-23-9-4-6-14-28(23)29/h1-22H. The van der Waals surface area contributed by atoms with Crippen LogP contribution in [0.2, 0.25) is 0 Å². The molecule has 7 aromatic rings. The molecule has 0 spiro atoms. The van der Waals surface area contributed by atoms with E-state index in [2.05, 4.69) is 102 Å². The maximum Gasteiger partial charge on any atom is 0.307 e. The fourth-order valence-corrected chi connectivity index (χ4v) is 4.96. The van der Waals surface area contributed by atoms with Crippen LogP contribution in [0.5, 0.6) is 0 Å². The number of hydrogen-bond acceptors (Lipinski definition) is 3. The van der Waals surface area contributed by atoms with Gasteiger partial charge in [-0.3, -0.25) is 4.90 Å². The number of hydrogen-bond donors (Lipinski definition) is 0. The van der Waals surface area contributed by atoms with E-state index >= 15 is 0 Å². The molecule has 6 aromatic carbocycles. The summed E-state index contributed by atoms with van der Waals surface area (Å²) >= 11 is 0. The van der Waals surface area contributed by atoms with Crippen LogP contribution in [0.4, 0.5) is 17.4 Å². The lowest BCUT2D eigenvalue weighted by molar-refractivity contribution is 0.608. The molecule has 0 aliphatic rings. The van der Waals surface area contributed by atoms with Crippen molar-refractivity contribution in [1.82, 2.24) is 4.98 Å². The Labute approximate surface area is 208 Å². The average molecular weight is 463 g/mol. The van der Waals surface area contributed by atoms with Crippen LogP contribution >= 0.6 is 0 Å². The summed E-state index contributed by atoms with van der Waals surface area (Å²) in [6, 6.07) is 46.7. The van der Waals surface area contributed by atoms with Crippen molar-refractivity contribution in [3.63, 3.8) is 0 Å². The summed E-state index contributed by atoms with van der Waals surface area (Å²) < 4.78 is 6.33. The molecular weight excluding hydrogens is 440 g/mol. The van der Waals surface area contributed by atoms with Crippen molar-refractivity contribution in [2.45, 2.75) is 0 Å². The summed E-state index contributed by atoms with van der Waals surface area (Å²) in [7, 11) is 0. The van der Waals surface area contributed by atoms with E-state index in [9.17, 15) is 0 Å². The second-order valence-electron chi connectivity index (χ2n) is 8.87. The van der Waals surface area contributed by atoms with Crippen molar-refractivity contribution in [1.29, 1.82) is 0 Å². The minimum Gasteiger partial charge on any atom is -0.423 e. The Hall–Kier alpha value is -4.89. The Bertz CT molecular complexity index is 1830. The van der Waals surface area contributed by atoms with Gasteiger partial charge >= 0.3 is 6.01 Å². The van der Waals surface area contributed by atoms with Crippen molar-refractivity contribution in [3.8, 4) is 11.1 Å². The van der Waals surface area contributed by atoms with Crippen LogP contribution in [0.1, 0.15) is 0 Å². The summed E-state index contributed by atoms with van der Waals surface area (Å²) in [5.74, 6) is 0.